The predicted octanol–water partition coefficient (Wildman–Crippen LogP) is -0.549. The number of hydrogen-bond acceptors (Lipinski definition) is 9. The maximum atomic E-state index is 12.2. The Morgan fingerprint density at radius 1 is 1.44 bits per heavy atom. The molecule has 12 heteroatoms. The van der Waals surface area contributed by atoms with Crippen LogP contribution in [0.15, 0.2) is 35.8 Å². The third-order valence-electron chi connectivity index (χ3n) is 5.80. The standard InChI is InChI=1S/C20H26BrN6O5/c1-2-14(25-5-3-4-11(7-25)12(29)6-21)26-10-24-18(22)15-19(26)27(9-23-15)20-17(31)16(30)13(8-28)32-20/h3-5,7,9,13-14,16-17,20,28,30-31H,2,6,8,10H2,1H3,(H2,22,24)/q+1/t13-,14?,16-,17-,20-/m1/s1. The molecule has 1 saturated heterocycles. The first-order valence-corrected chi connectivity index (χ1v) is 11.4. The third-order valence-corrected chi connectivity index (χ3v) is 6.31. The first-order valence-electron chi connectivity index (χ1n) is 10.3. The van der Waals surface area contributed by atoms with Gasteiger partial charge < -0.3 is 25.8 Å². The summed E-state index contributed by atoms with van der Waals surface area (Å²) in [6, 6.07) is 3.57. The third kappa shape index (κ3) is 3.82. The van der Waals surface area contributed by atoms with Crippen LogP contribution in [-0.2, 0) is 4.74 Å². The number of aliphatic hydroxyl groups is 3. The number of anilines is 1. The summed E-state index contributed by atoms with van der Waals surface area (Å²) >= 11 is 3.21. The molecule has 0 aromatic carbocycles. The smallest absolute Gasteiger partial charge is 0.236 e. The van der Waals surface area contributed by atoms with Crippen LogP contribution in [-0.4, -0.2) is 73.4 Å². The Bertz CT molecular complexity index is 1030. The van der Waals surface area contributed by atoms with E-state index in [1.165, 1.54) is 6.33 Å². The highest BCUT2D eigenvalue weighted by atomic mass is 79.9. The molecule has 2 aliphatic rings. The van der Waals surface area contributed by atoms with E-state index in [0.717, 1.165) is 0 Å². The number of ketones is 1. The van der Waals surface area contributed by atoms with Crippen molar-refractivity contribution in [1.82, 2.24) is 9.55 Å². The van der Waals surface area contributed by atoms with Crippen molar-refractivity contribution in [3.8, 4) is 0 Å². The van der Waals surface area contributed by atoms with Crippen molar-refractivity contribution in [2.24, 2.45) is 10.7 Å². The lowest BCUT2D eigenvalue weighted by Crippen LogP contribution is -2.52. The van der Waals surface area contributed by atoms with E-state index in [1.54, 1.807) is 16.8 Å². The van der Waals surface area contributed by atoms with Gasteiger partial charge in [-0.05, 0) is 6.07 Å². The summed E-state index contributed by atoms with van der Waals surface area (Å²) in [5.41, 5.74) is 7.10. The minimum Gasteiger partial charge on any atom is -0.394 e. The van der Waals surface area contributed by atoms with Gasteiger partial charge in [0, 0.05) is 12.5 Å². The Morgan fingerprint density at radius 3 is 2.88 bits per heavy atom. The lowest BCUT2D eigenvalue weighted by Gasteiger charge is -2.32. The van der Waals surface area contributed by atoms with E-state index >= 15 is 0 Å². The summed E-state index contributed by atoms with van der Waals surface area (Å²) in [7, 11) is 0. The Balaban J connectivity index is 1.75. The van der Waals surface area contributed by atoms with E-state index in [1.807, 2.05) is 28.7 Å². The average Bonchev–Trinajstić information content (AvgIpc) is 3.37. The number of halogens is 1. The summed E-state index contributed by atoms with van der Waals surface area (Å²) in [6.07, 6.45) is 1.16. The molecule has 0 spiro atoms. The molecule has 5 N–H and O–H groups in total. The van der Waals surface area contributed by atoms with Crippen LogP contribution < -0.4 is 15.2 Å². The highest BCUT2D eigenvalue weighted by molar-refractivity contribution is 9.09. The Morgan fingerprint density at radius 2 is 2.22 bits per heavy atom. The van der Waals surface area contributed by atoms with Crippen molar-refractivity contribution < 1.29 is 29.4 Å². The largest absolute Gasteiger partial charge is 0.394 e. The highest BCUT2D eigenvalue weighted by Crippen LogP contribution is 2.37. The number of aliphatic imine (C=N–C) groups is 1. The van der Waals surface area contributed by atoms with Crippen molar-refractivity contribution in [2.45, 2.75) is 44.1 Å². The maximum absolute atomic E-state index is 12.2. The molecule has 5 atom stereocenters. The van der Waals surface area contributed by atoms with E-state index in [0.29, 0.717) is 23.5 Å². The van der Waals surface area contributed by atoms with Crippen LogP contribution in [0.1, 0.15) is 41.8 Å². The van der Waals surface area contributed by atoms with E-state index in [2.05, 4.69) is 25.9 Å². The zero-order valence-corrected chi connectivity index (χ0v) is 19.0. The zero-order chi connectivity index (χ0) is 23.0. The van der Waals surface area contributed by atoms with Crippen LogP contribution in [0.25, 0.3) is 0 Å². The van der Waals surface area contributed by atoms with Gasteiger partial charge in [-0.3, -0.25) is 14.3 Å². The number of carbonyl (C=O) groups is 1. The summed E-state index contributed by atoms with van der Waals surface area (Å²) in [6.45, 7) is 1.80. The quantitative estimate of drug-likeness (QED) is 0.220. The molecule has 0 amide bonds. The van der Waals surface area contributed by atoms with Gasteiger partial charge in [-0.15, -0.1) is 0 Å². The lowest BCUT2D eigenvalue weighted by atomic mass is 10.1. The van der Waals surface area contributed by atoms with E-state index < -0.39 is 31.1 Å². The molecule has 2 aliphatic heterocycles. The number of alkyl halides is 1. The van der Waals surface area contributed by atoms with Crippen LogP contribution in [0.4, 0.5) is 5.82 Å². The number of imidazole rings is 1. The number of carbonyl (C=O) groups excluding carboxylic acids is 1. The van der Waals surface area contributed by atoms with Gasteiger partial charge in [-0.1, -0.05) is 22.9 Å². The molecule has 2 aromatic heterocycles. The number of nitrogens with zero attached hydrogens (tertiary/aromatic N) is 5. The lowest BCUT2D eigenvalue weighted by molar-refractivity contribution is -0.722. The van der Waals surface area contributed by atoms with Crippen molar-refractivity contribution in [3.63, 3.8) is 0 Å². The fourth-order valence-electron chi connectivity index (χ4n) is 4.16. The van der Waals surface area contributed by atoms with Gasteiger partial charge >= 0.3 is 0 Å². The van der Waals surface area contributed by atoms with Crippen molar-refractivity contribution in [2.75, 3.05) is 23.5 Å². The number of amidine groups is 1. The number of rotatable bonds is 7. The minimum atomic E-state index is -1.26. The molecule has 32 heavy (non-hydrogen) atoms. The molecule has 4 heterocycles. The van der Waals surface area contributed by atoms with Crippen LogP contribution in [0.2, 0.25) is 0 Å². The number of fused-ring (bicyclic) bond motifs is 1. The Labute approximate surface area is 192 Å². The van der Waals surface area contributed by atoms with Crippen molar-refractivity contribution >= 4 is 33.4 Å². The number of ether oxygens (including phenoxy) is 1. The number of aromatic nitrogens is 3. The van der Waals surface area contributed by atoms with Gasteiger partial charge in [0.2, 0.25) is 6.17 Å². The SMILES string of the molecule is CCC(N1CN=C(N)c2ncn([C@@H]3O[C@H](CO)[C@@H](O)[C@H]3O)c21)[n+]1cccc(C(=O)CBr)c1. The van der Waals surface area contributed by atoms with Crippen LogP contribution >= 0.6 is 15.9 Å². The fourth-order valence-corrected chi connectivity index (χ4v) is 4.48. The molecule has 1 unspecified atom stereocenters. The number of hydrogen-bond donors (Lipinski definition) is 4. The molecule has 0 saturated carbocycles. The van der Waals surface area contributed by atoms with E-state index in [-0.39, 0.29) is 29.8 Å². The van der Waals surface area contributed by atoms with Gasteiger partial charge in [0.1, 0.15) is 42.3 Å². The summed E-state index contributed by atoms with van der Waals surface area (Å²) < 4.78 is 9.25. The van der Waals surface area contributed by atoms with E-state index in [9.17, 15) is 20.1 Å². The van der Waals surface area contributed by atoms with Crippen molar-refractivity contribution in [3.05, 3.63) is 42.1 Å². The Hall–Kier alpha value is -2.38. The zero-order valence-electron chi connectivity index (χ0n) is 17.5. The van der Waals surface area contributed by atoms with Crippen LogP contribution in [0.3, 0.4) is 0 Å². The number of Topliss-reactive ketones (excluding diaryl/α,β-unsaturated/α-hetero) is 1. The molecule has 11 nitrogen and oxygen atoms in total. The molecular formula is C20H26BrN6O5+. The van der Waals surface area contributed by atoms with Gasteiger partial charge in [0.05, 0.1) is 23.8 Å². The second kappa shape index (κ2) is 9.24. The molecule has 0 aliphatic carbocycles. The Kier molecular flexibility index (Phi) is 6.58. The molecule has 2 aromatic rings. The van der Waals surface area contributed by atoms with Crippen LogP contribution in [0, 0.1) is 0 Å². The molecular weight excluding hydrogens is 484 g/mol. The minimum absolute atomic E-state index is 0.0349. The summed E-state index contributed by atoms with van der Waals surface area (Å²) in [4.78, 5) is 22.9. The number of nitrogens with two attached hydrogens (primary N) is 1. The second-order valence-corrected chi connectivity index (χ2v) is 8.25. The summed E-state index contributed by atoms with van der Waals surface area (Å²) in [5, 5.41) is 30.5. The monoisotopic (exact) mass is 509 g/mol. The second-order valence-electron chi connectivity index (χ2n) is 7.69. The van der Waals surface area contributed by atoms with Gasteiger partial charge in [0.25, 0.3) is 0 Å². The van der Waals surface area contributed by atoms with Gasteiger partial charge in [-0.2, -0.15) is 4.57 Å². The number of pyridine rings is 1. The van der Waals surface area contributed by atoms with Gasteiger partial charge in [0.15, 0.2) is 24.4 Å². The normalized spacial score (nSPS) is 26.0. The summed E-state index contributed by atoms with van der Waals surface area (Å²) in [5.74, 6) is 0.793. The highest BCUT2D eigenvalue weighted by Gasteiger charge is 2.46. The molecule has 1 fully saturated rings. The van der Waals surface area contributed by atoms with Crippen molar-refractivity contribution in [1.29, 1.82) is 0 Å². The number of aliphatic hydroxyl groups excluding tert-OH is 3. The van der Waals surface area contributed by atoms with Gasteiger partial charge in [-0.25, -0.2) is 9.98 Å². The molecule has 0 bridgehead atoms. The first-order chi connectivity index (χ1) is 15.4. The van der Waals surface area contributed by atoms with Crippen LogP contribution in [0.5, 0.6) is 0 Å². The predicted molar refractivity (Wildman–Crippen MR) is 117 cm³/mol. The average molecular weight is 510 g/mol. The fraction of sp³-hybridized carbons (Fsp3) is 0.500. The maximum Gasteiger partial charge on any atom is 0.236 e. The molecule has 0 radical (unpaired) electrons. The van der Waals surface area contributed by atoms with E-state index in [4.69, 9.17) is 10.5 Å². The molecule has 4 rings (SSSR count). The topological polar surface area (TPSA) is 150 Å². The molecule has 172 valence electrons. The first kappa shape index (κ1) is 22.8.